The summed E-state index contributed by atoms with van der Waals surface area (Å²) in [4.78, 5) is 20.9. The van der Waals surface area contributed by atoms with Crippen LogP contribution in [0.15, 0.2) is 39.9 Å². The van der Waals surface area contributed by atoms with Gasteiger partial charge in [0.2, 0.25) is 0 Å². The predicted octanol–water partition coefficient (Wildman–Crippen LogP) is 3.45. The first kappa shape index (κ1) is 23.2. The number of hydrogen-bond donors (Lipinski definition) is 2. The summed E-state index contributed by atoms with van der Waals surface area (Å²) in [6.07, 6.45) is 0.419. The van der Waals surface area contributed by atoms with Crippen LogP contribution in [0.1, 0.15) is 39.7 Å². The van der Waals surface area contributed by atoms with Crippen molar-refractivity contribution in [2.75, 3.05) is 13.7 Å². The lowest BCUT2D eigenvalue weighted by Gasteiger charge is -2.25. The summed E-state index contributed by atoms with van der Waals surface area (Å²) >= 11 is 1.09. The van der Waals surface area contributed by atoms with Gasteiger partial charge in [0.25, 0.3) is 5.90 Å². The zero-order valence-corrected chi connectivity index (χ0v) is 18.0. The molecule has 0 bridgehead atoms. The average Bonchev–Trinajstić information content (AvgIpc) is 2.96. The van der Waals surface area contributed by atoms with Crippen LogP contribution in [0.2, 0.25) is 0 Å². The summed E-state index contributed by atoms with van der Waals surface area (Å²) in [5.41, 5.74) is 0.866. The average molecular weight is 426 g/mol. The first-order chi connectivity index (χ1) is 13.8. The van der Waals surface area contributed by atoms with Crippen molar-refractivity contribution in [3.8, 4) is 0 Å². The molecule has 2 rings (SSSR count). The van der Waals surface area contributed by atoms with Gasteiger partial charge in [-0.3, -0.25) is 0 Å². The van der Waals surface area contributed by atoms with E-state index in [-0.39, 0.29) is 12.0 Å². The molecule has 0 aromatic heterocycles. The molecule has 0 saturated heterocycles. The van der Waals surface area contributed by atoms with E-state index in [2.05, 4.69) is 9.88 Å². The number of carboxylic acid groups (broad SMARTS) is 1. The molecule has 1 aromatic rings. The molecule has 0 aliphatic carbocycles. The zero-order chi connectivity index (χ0) is 21.6. The summed E-state index contributed by atoms with van der Waals surface area (Å²) in [6, 6.07) is 6.22. The molecule has 1 aliphatic rings. The van der Waals surface area contributed by atoms with Crippen molar-refractivity contribution in [1.82, 2.24) is 0 Å². The molecule has 0 fully saturated rings. The quantitative estimate of drug-likeness (QED) is 0.333. The Morgan fingerprint density at radius 2 is 1.97 bits per heavy atom. The number of nitrogens with zero attached hydrogens (tertiary/aromatic N) is 1. The Morgan fingerprint density at radius 1 is 1.31 bits per heavy atom. The summed E-state index contributed by atoms with van der Waals surface area (Å²) in [6.45, 7) is 6.97. The number of hydrogen-bond acceptors (Lipinski definition) is 8. The van der Waals surface area contributed by atoms with Gasteiger partial charge in [-0.1, -0.05) is 19.1 Å². The zero-order valence-electron chi connectivity index (χ0n) is 17.2. The van der Waals surface area contributed by atoms with Gasteiger partial charge in [0, 0.05) is 4.90 Å². The van der Waals surface area contributed by atoms with Crippen LogP contribution in [0.3, 0.4) is 0 Å². The highest BCUT2D eigenvalue weighted by molar-refractivity contribution is 7.94. The molecule has 0 amide bonds. The second-order valence-electron chi connectivity index (χ2n) is 6.87. The standard InChI is InChI=1S/C20H27NO7S/c1-6-20(4)16(13-7-9-14(10-8-13)29-28-25-5)17(26-12(2)3)18(27-20)21-15(11-22)19(23)24/h7-10,12,15,22H,6,11H2,1-5H3,(H,23,24)/t15-,20-/m0/s1. The minimum absolute atomic E-state index is 0.0840. The second-order valence-corrected chi connectivity index (χ2v) is 7.64. The minimum atomic E-state index is -1.33. The maximum absolute atomic E-state index is 11.3. The molecule has 8 nitrogen and oxygen atoms in total. The van der Waals surface area contributed by atoms with E-state index in [0.717, 1.165) is 28.1 Å². The van der Waals surface area contributed by atoms with Crippen molar-refractivity contribution in [3.05, 3.63) is 35.6 Å². The summed E-state index contributed by atoms with van der Waals surface area (Å²) < 4.78 is 17.0. The molecule has 1 aromatic carbocycles. The van der Waals surface area contributed by atoms with Crippen LogP contribution < -0.4 is 0 Å². The Bertz CT molecular complexity index is 776. The lowest BCUT2D eigenvalue weighted by molar-refractivity contribution is -0.160. The Labute approximate surface area is 174 Å². The van der Waals surface area contributed by atoms with E-state index >= 15 is 0 Å². The van der Waals surface area contributed by atoms with E-state index in [1.807, 2.05) is 52.0 Å². The van der Waals surface area contributed by atoms with Gasteiger partial charge >= 0.3 is 5.97 Å². The van der Waals surface area contributed by atoms with Crippen LogP contribution in [0.4, 0.5) is 0 Å². The molecule has 0 spiro atoms. The fraction of sp³-hybridized carbons (Fsp3) is 0.500. The monoisotopic (exact) mass is 425 g/mol. The molecule has 2 N–H and O–H groups in total. The summed E-state index contributed by atoms with van der Waals surface area (Å²) in [7, 11) is 1.43. The first-order valence-corrected chi connectivity index (χ1v) is 9.99. The number of carbonyl (C=O) groups is 1. The maximum atomic E-state index is 11.3. The number of rotatable bonds is 10. The van der Waals surface area contributed by atoms with Crippen molar-refractivity contribution in [3.63, 3.8) is 0 Å². The molecule has 1 heterocycles. The fourth-order valence-corrected chi connectivity index (χ4v) is 3.23. The van der Waals surface area contributed by atoms with Gasteiger partial charge in [0.1, 0.15) is 5.60 Å². The van der Waals surface area contributed by atoms with E-state index < -0.39 is 24.2 Å². The highest BCUT2D eigenvalue weighted by atomic mass is 32.2. The van der Waals surface area contributed by atoms with Gasteiger partial charge in [0.15, 0.2) is 11.8 Å². The van der Waals surface area contributed by atoms with E-state index in [1.54, 1.807) is 0 Å². The van der Waals surface area contributed by atoms with E-state index in [0.29, 0.717) is 12.2 Å². The number of ether oxygens (including phenoxy) is 2. The third-order valence-corrected chi connectivity index (χ3v) is 5.04. The highest BCUT2D eigenvalue weighted by Crippen LogP contribution is 2.43. The SMILES string of the molecule is CC[C@]1(C)OC(=N[C@@H](CO)C(=O)O)C(OC(C)C)=C1c1ccc(SOOC)cc1. The molecular weight excluding hydrogens is 398 g/mol. The molecule has 2 atom stereocenters. The van der Waals surface area contributed by atoms with Crippen molar-refractivity contribution in [2.24, 2.45) is 4.99 Å². The van der Waals surface area contributed by atoms with Gasteiger partial charge in [0.05, 0.1) is 37.4 Å². The highest BCUT2D eigenvalue weighted by Gasteiger charge is 2.44. The number of aliphatic hydroxyl groups is 1. The largest absolute Gasteiger partial charge is 0.485 e. The summed E-state index contributed by atoms with van der Waals surface area (Å²) in [5.74, 6) is -0.767. The van der Waals surface area contributed by atoms with E-state index in [1.165, 1.54) is 7.11 Å². The smallest absolute Gasteiger partial charge is 0.330 e. The van der Waals surface area contributed by atoms with Crippen LogP contribution in [-0.2, 0) is 23.5 Å². The third-order valence-electron chi connectivity index (χ3n) is 4.37. The van der Waals surface area contributed by atoms with Crippen LogP contribution in [-0.4, -0.2) is 53.5 Å². The van der Waals surface area contributed by atoms with Gasteiger partial charge < -0.3 is 19.7 Å². The van der Waals surface area contributed by atoms with Crippen molar-refractivity contribution >= 4 is 29.5 Å². The van der Waals surface area contributed by atoms with Crippen LogP contribution in [0.5, 0.6) is 0 Å². The molecule has 1 aliphatic heterocycles. The van der Waals surface area contributed by atoms with E-state index in [9.17, 15) is 15.0 Å². The Balaban J connectivity index is 2.57. The lowest BCUT2D eigenvalue weighted by atomic mass is 9.88. The fourth-order valence-electron chi connectivity index (χ4n) is 2.84. The molecule has 29 heavy (non-hydrogen) atoms. The minimum Gasteiger partial charge on any atom is -0.485 e. The first-order valence-electron chi connectivity index (χ1n) is 9.25. The number of aliphatic imine (C=N–C) groups is 1. The van der Waals surface area contributed by atoms with Crippen LogP contribution in [0.25, 0.3) is 5.57 Å². The predicted molar refractivity (Wildman–Crippen MR) is 109 cm³/mol. The molecule has 160 valence electrons. The van der Waals surface area contributed by atoms with Crippen molar-refractivity contribution in [2.45, 2.75) is 56.8 Å². The molecule has 9 heteroatoms. The van der Waals surface area contributed by atoms with Gasteiger partial charge in [-0.15, -0.1) is 0 Å². The van der Waals surface area contributed by atoms with Crippen LogP contribution in [0, 0.1) is 0 Å². The summed E-state index contributed by atoms with van der Waals surface area (Å²) in [5, 5.41) is 18.6. The number of benzene rings is 1. The normalized spacial score (nSPS) is 21.6. The molecule has 0 saturated carbocycles. The van der Waals surface area contributed by atoms with Crippen molar-refractivity contribution < 1.29 is 33.7 Å². The molecular formula is C20H27NO7S. The number of aliphatic hydroxyl groups excluding tert-OH is 1. The van der Waals surface area contributed by atoms with Gasteiger partial charge in [-0.2, -0.15) is 4.33 Å². The topological polar surface area (TPSA) is 107 Å². The second kappa shape index (κ2) is 10.1. The van der Waals surface area contributed by atoms with Gasteiger partial charge in [-0.05, 0) is 44.9 Å². The number of carboxylic acids is 1. The Morgan fingerprint density at radius 3 is 2.45 bits per heavy atom. The van der Waals surface area contributed by atoms with Crippen LogP contribution >= 0.6 is 12.0 Å². The van der Waals surface area contributed by atoms with E-state index in [4.69, 9.17) is 13.8 Å². The Hall–Kier alpha value is -2.07. The van der Waals surface area contributed by atoms with Crippen molar-refractivity contribution in [1.29, 1.82) is 0 Å². The molecule has 0 radical (unpaired) electrons. The Kier molecular flexibility index (Phi) is 8.09. The maximum Gasteiger partial charge on any atom is 0.330 e. The lowest BCUT2D eigenvalue weighted by Crippen LogP contribution is -2.28. The number of aliphatic carboxylic acids is 1. The third kappa shape index (κ3) is 5.51. The molecule has 0 unspecified atom stereocenters. The van der Waals surface area contributed by atoms with Gasteiger partial charge in [-0.25, -0.2) is 14.7 Å².